The molecule has 1 aliphatic rings. The Morgan fingerprint density at radius 3 is 1.94 bits per heavy atom. The average molecular weight is 232 g/mol. The maximum atomic E-state index is 12.3. The van der Waals surface area contributed by atoms with Gasteiger partial charge in [0.1, 0.15) is 0 Å². The zero-order valence-corrected chi connectivity index (χ0v) is 11.2. The summed E-state index contributed by atoms with van der Waals surface area (Å²) in [6.07, 6.45) is 1.87. The molecule has 0 aliphatic carbocycles. The molecule has 0 bridgehead atoms. The standard InChI is InChI=1S/C15H22NO/c1-14(2)10-13(11-15(3,4)16(14)17)12-8-6-5-7-9-12/h5-9,13H,10-11H2,1-4H3. The Kier molecular flexibility index (Phi) is 3.04. The van der Waals surface area contributed by atoms with Crippen LogP contribution in [0.2, 0.25) is 0 Å². The minimum absolute atomic E-state index is 0.276. The highest BCUT2D eigenvalue weighted by Crippen LogP contribution is 2.44. The first-order valence-electron chi connectivity index (χ1n) is 6.35. The van der Waals surface area contributed by atoms with Crippen LogP contribution in [0, 0.1) is 0 Å². The van der Waals surface area contributed by atoms with E-state index in [2.05, 4.69) is 52.0 Å². The fourth-order valence-electron chi connectivity index (χ4n) is 3.22. The van der Waals surface area contributed by atoms with Gasteiger partial charge in [0.05, 0.1) is 0 Å². The van der Waals surface area contributed by atoms with Gasteiger partial charge in [0.15, 0.2) is 0 Å². The summed E-state index contributed by atoms with van der Waals surface area (Å²) in [6.45, 7) is 8.21. The number of hydrogen-bond donors (Lipinski definition) is 0. The van der Waals surface area contributed by atoms with Gasteiger partial charge in [-0.3, -0.25) is 0 Å². The van der Waals surface area contributed by atoms with Crippen LogP contribution in [0.5, 0.6) is 0 Å². The fraction of sp³-hybridized carbons (Fsp3) is 0.600. The van der Waals surface area contributed by atoms with Gasteiger partial charge in [-0.2, -0.15) is 0 Å². The second-order valence-corrected chi connectivity index (χ2v) is 6.44. The van der Waals surface area contributed by atoms with Gasteiger partial charge in [0, 0.05) is 11.1 Å². The maximum absolute atomic E-state index is 12.3. The molecule has 0 N–H and O–H groups in total. The third-order valence-electron chi connectivity index (χ3n) is 3.86. The molecule has 2 heteroatoms. The first-order valence-corrected chi connectivity index (χ1v) is 6.35. The molecule has 0 saturated carbocycles. The lowest BCUT2D eigenvalue weighted by molar-refractivity contribution is -0.289. The third-order valence-corrected chi connectivity index (χ3v) is 3.86. The van der Waals surface area contributed by atoms with Gasteiger partial charge in [0.25, 0.3) is 0 Å². The fourth-order valence-corrected chi connectivity index (χ4v) is 3.22. The van der Waals surface area contributed by atoms with Crippen LogP contribution in [0.25, 0.3) is 0 Å². The zero-order valence-electron chi connectivity index (χ0n) is 11.2. The molecule has 1 radical (unpaired) electrons. The SMILES string of the molecule is CC1(C)CC(c2ccccc2)CC(C)(C)N1[O]. The van der Waals surface area contributed by atoms with Crippen molar-refractivity contribution in [1.29, 1.82) is 0 Å². The van der Waals surface area contributed by atoms with Gasteiger partial charge in [-0.1, -0.05) is 30.3 Å². The van der Waals surface area contributed by atoms with E-state index in [9.17, 15) is 5.21 Å². The third kappa shape index (κ3) is 2.38. The Morgan fingerprint density at radius 1 is 1.00 bits per heavy atom. The Morgan fingerprint density at radius 2 is 1.47 bits per heavy atom. The van der Waals surface area contributed by atoms with E-state index in [1.54, 1.807) is 0 Å². The van der Waals surface area contributed by atoms with Crippen molar-refractivity contribution in [2.24, 2.45) is 0 Å². The second kappa shape index (κ2) is 4.11. The molecular formula is C15H22NO. The Balaban J connectivity index is 2.28. The quantitative estimate of drug-likeness (QED) is 0.723. The molecule has 1 heterocycles. The molecule has 0 spiro atoms. The topological polar surface area (TPSA) is 23.1 Å². The van der Waals surface area contributed by atoms with Gasteiger partial charge in [-0.05, 0) is 52.0 Å². The molecule has 0 amide bonds. The molecule has 1 aliphatic heterocycles. The van der Waals surface area contributed by atoms with E-state index in [1.165, 1.54) is 10.6 Å². The molecule has 1 saturated heterocycles. The highest BCUT2D eigenvalue weighted by molar-refractivity contribution is 5.22. The Labute approximate surface area is 104 Å². The largest absolute Gasteiger partial charge is 0.144 e. The van der Waals surface area contributed by atoms with E-state index in [1.807, 2.05) is 6.07 Å². The van der Waals surface area contributed by atoms with Crippen molar-refractivity contribution < 1.29 is 5.21 Å². The van der Waals surface area contributed by atoms with Gasteiger partial charge in [0.2, 0.25) is 0 Å². The number of hydroxylamine groups is 2. The molecular weight excluding hydrogens is 210 g/mol. The van der Waals surface area contributed by atoms with Crippen LogP contribution in [0.15, 0.2) is 30.3 Å². The van der Waals surface area contributed by atoms with Gasteiger partial charge in [-0.15, -0.1) is 10.3 Å². The lowest BCUT2D eigenvalue weighted by Crippen LogP contribution is -2.57. The van der Waals surface area contributed by atoms with E-state index in [0.29, 0.717) is 5.92 Å². The predicted molar refractivity (Wildman–Crippen MR) is 69.1 cm³/mol. The van der Waals surface area contributed by atoms with Crippen molar-refractivity contribution in [2.45, 2.75) is 57.5 Å². The van der Waals surface area contributed by atoms with Crippen LogP contribution in [0.4, 0.5) is 0 Å². The van der Waals surface area contributed by atoms with Crippen LogP contribution >= 0.6 is 0 Å². The molecule has 1 aromatic carbocycles. The summed E-state index contributed by atoms with van der Waals surface area (Å²) in [5.41, 5.74) is 0.812. The van der Waals surface area contributed by atoms with Crippen molar-refractivity contribution in [1.82, 2.24) is 5.06 Å². The van der Waals surface area contributed by atoms with Crippen molar-refractivity contribution in [2.75, 3.05) is 0 Å². The number of benzene rings is 1. The number of nitrogens with zero attached hydrogens (tertiary/aromatic N) is 1. The zero-order chi connectivity index (χ0) is 12.7. The Bertz CT molecular complexity index is 365. The van der Waals surface area contributed by atoms with Gasteiger partial charge >= 0.3 is 0 Å². The minimum atomic E-state index is -0.276. The van der Waals surface area contributed by atoms with Crippen LogP contribution in [0.3, 0.4) is 0 Å². The minimum Gasteiger partial charge on any atom is -0.144 e. The first-order chi connectivity index (χ1) is 7.83. The normalized spacial score (nSPS) is 24.8. The Hall–Kier alpha value is -0.860. The van der Waals surface area contributed by atoms with Crippen LogP contribution in [0.1, 0.15) is 52.0 Å². The molecule has 1 fully saturated rings. The summed E-state index contributed by atoms with van der Waals surface area (Å²) < 4.78 is 0. The van der Waals surface area contributed by atoms with Gasteiger partial charge < -0.3 is 0 Å². The number of hydrogen-bond acceptors (Lipinski definition) is 1. The highest BCUT2D eigenvalue weighted by Gasteiger charge is 2.46. The van der Waals surface area contributed by atoms with Crippen LogP contribution < -0.4 is 0 Å². The molecule has 1 aromatic rings. The summed E-state index contributed by atoms with van der Waals surface area (Å²) in [5, 5.41) is 13.6. The summed E-state index contributed by atoms with van der Waals surface area (Å²) in [5.74, 6) is 0.492. The summed E-state index contributed by atoms with van der Waals surface area (Å²) in [6, 6.07) is 10.6. The van der Waals surface area contributed by atoms with Crippen molar-refractivity contribution in [3.05, 3.63) is 35.9 Å². The summed E-state index contributed by atoms with van der Waals surface area (Å²) in [4.78, 5) is 0. The molecule has 0 atom stereocenters. The smallest absolute Gasteiger partial charge is 0.0449 e. The second-order valence-electron chi connectivity index (χ2n) is 6.44. The maximum Gasteiger partial charge on any atom is 0.0449 e. The number of rotatable bonds is 1. The van der Waals surface area contributed by atoms with E-state index in [-0.39, 0.29) is 11.1 Å². The lowest BCUT2D eigenvalue weighted by Gasteiger charge is -2.50. The molecule has 0 unspecified atom stereocenters. The first kappa shape index (κ1) is 12.6. The van der Waals surface area contributed by atoms with E-state index in [0.717, 1.165) is 12.8 Å². The molecule has 17 heavy (non-hydrogen) atoms. The monoisotopic (exact) mass is 232 g/mol. The summed E-state index contributed by atoms with van der Waals surface area (Å²) >= 11 is 0. The predicted octanol–water partition coefficient (Wildman–Crippen LogP) is 3.77. The molecule has 2 rings (SSSR count). The molecule has 0 aromatic heterocycles. The van der Waals surface area contributed by atoms with Crippen molar-refractivity contribution in [3.63, 3.8) is 0 Å². The molecule has 93 valence electrons. The van der Waals surface area contributed by atoms with Crippen LogP contribution in [-0.2, 0) is 5.21 Å². The van der Waals surface area contributed by atoms with Crippen molar-refractivity contribution in [3.8, 4) is 0 Å². The number of piperidine rings is 1. The van der Waals surface area contributed by atoms with Crippen LogP contribution in [-0.4, -0.2) is 16.1 Å². The lowest BCUT2D eigenvalue weighted by atomic mass is 9.73. The van der Waals surface area contributed by atoms with Gasteiger partial charge in [-0.25, -0.2) is 0 Å². The van der Waals surface area contributed by atoms with E-state index < -0.39 is 0 Å². The average Bonchev–Trinajstić information content (AvgIpc) is 2.26. The summed E-state index contributed by atoms with van der Waals surface area (Å²) in [7, 11) is 0. The van der Waals surface area contributed by atoms with E-state index in [4.69, 9.17) is 0 Å². The highest BCUT2D eigenvalue weighted by atomic mass is 16.5. The van der Waals surface area contributed by atoms with E-state index >= 15 is 0 Å². The molecule has 2 nitrogen and oxygen atoms in total. The van der Waals surface area contributed by atoms with Crippen molar-refractivity contribution >= 4 is 0 Å².